The molecule has 0 bridgehead atoms. The van der Waals surface area contributed by atoms with E-state index in [4.69, 9.17) is 4.99 Å². The lowest BCUT2D eigenvalue weighted by molar-refractivity contribution is 0.243. The first kappa shape index (κ1) is 25.0. The molecule has 0 radical (unpaired) electrons. The third kappa shape index (κ3) is 7.78. The van der Waals surface area contributed by atoms with Gasteiger partial charge in [-0.05, 0) is 74.5 Å². The van der Waals surface area contributed by atoms with Gasteiger partial charge in [-0.15, -0.1) is 24.0 Å². The van der Waals surface area contributed by atoms with E-state index >= 15 is 0 Å². The van der Waals surface area contributed by atoms with E-state index in [-0.39, 0.29) is 30.6 Å². The molecule has 4 N–H and O–H groups in total. The fourth-order valence-electron chi connectivity index (χ4n) is 3.96. The summed E-state index contributed by atoms with van der Waals surface area (Å²) >= 11 is 0. The summed E-state index contributed by atoms with van der Waals surface area (Å²) in [5, 5.41) is 26.4. The fraction of sp³-hybridized carbons (Fsp3) is 0.682. The topological polar surface area (TPSA) is 76.9 Å². The average Bonchev–Trinajstić information content (AvgIpc) is 2.64. The fourth-order valence-corrected chi connectivity index (χ4v) is 3.96. The van der Waals surface area contributed by atoms with Crippen LogP contribution in [0.4, 0.5) is 0 Å². The number of aliphatic hydroxyl groups excluding tert-OH is 1. The highest BCUT2D eigenvalue weighted by atomic mass is 127. The van der Waals surface area contributed by atoms with Crippen molar-refractivity contribution >= 4 is 29.9 Å². The van der Waals surface area contributed by atoms with Crippen molar-refractivity contribution in [2.45, 2.75) is 65.8 Å². The molecule has 1 aliphatic rings. The van der Waals surface area contributed by atoms with Gasteiger partial charge in [-0.2, -0.15) is 0 Å². The number of aliphatic hydroxyl groups is 1. The lowest BCUT2D eigenvalue weighted by Gasteiger charge is -2.21. The molecule has 160 valence electrons. The molecule has 1 unspecified atom stereocenters. The first-order valence-corrected chi connectivity index (χ1v) is 10.5. The monoisotopic (exact) mass is 503 g/mol. The maximum Gasteiger partial charge on any atom is 0.191 e. The molecular weight excluding hydrogens is 465 g/mol. The van der Waals surface area contributed by atoms with Crippen LogP contribution < -0.4 is 10.6 Å². The molecule has 6 heteroatoms. The maximum atomic E-state index is 10.4. The van der Waals surface area contributed by atoms with Crippen LogP contribution in [0, 0.1) is 11.8 Å². The Labute approximate surface area is 187 Å². The van der Waals surface area contributed by atoms with Gasteiger partial charge in [0.1, 0.15) is 5.75 Å². The highest BCUT2D eigenvalue weighted by molar-refractivity contribution is 14.0. The molecule has 1 aromatic rings. The molecule has 0 heterocycles. The van der Waals surface area contributed by atoms with E-state index in [0.29, 0.717) is 24.1 Å². The number of aryl methyl sites for hydroxylation is 1. The van der Waals surface area contributed by atoms with Gasteiger partial charge < -0.3 is 20.8 Å². The minimum Gasteiger partial charge on any atom is -0.508 e. The van der Waals surface area contributed by atoms with Crippen molar-refractivity contribution in [2.75, 3.05) is 19.7 Å². The van der Waals surface area contributed by atoms with Crippen LogP contribution in [0.2, 0.25) is 0 Å². The molecule has 0 fully saturated rings. The van der Waals surface area contributed by atoms with Crippen molar-refractivity contribution in [1.82, 2.24) is 10.6 Å². The van der Waals surface area contributed by atoms with Gasteiger partial charge in [-0.1, -0.05) is 19.9 Å². The second-order valence-electron chi connectivity index (χ2n) is 7.99. The normalized spacial score (nSPS) is 15.0. The number of hydrogen-bond acceptors (Lipinski definition) is 3. The predicted molar refractivity (Wildman–Crippen MR) is 128 cm³/mol. The highest BCUT2D eigenvalue weighted by Crippen LogP contribution is 2.31. The van der Waals surface area contributed by atoms with E-state index in [1.165, 1.54) is 24.0 Å². The summed E-state index contributed by atoms with van der Waals surface area (Å²) in [7, 11) is 0. The molecule has 0 saturated heterocycles. The lowest BCUT2D eigenvalue weighted by Crippen LogP contribution is -2.40. The largest absolute Gasteiger partial charge is 0.508 e. The van der Waals surface area contributed by atoms with Crippen LogP contribution in [0.3, 0.4) is 0 Å². The Morgan fingerprint density at radius 2 is 1.93 bits per heavy atom. The number of aromatic hydroxyl groups is 1. The van der Waals surface area contributed by atoms with Crippen molar-refractivity contribution in [3.63, 3.8) is 0 Å². The number of fused-ring (bicyclic) bond motifs is 1. The zero-order valence-electron chi connectivity index (χ0n) is 17.6. The predicted octanol–water partition coefficient (Wildman–Crippen LogP) is 3.99. The van der Waals surface area contributed by atoms with Crippen LogP contribution in [0.25, 0.3) is 0 Å². The summed E-state index contributed by atoms with van der Waals surface area (Å²) in [5.41, 5.74) is 3.62. The number of guanidine groups is 1. The molecule has 0 aromatic heterocycles. The number of nitrogens with zero attached hydrogens (tertiary/aromatic N) is 1. The molecule has 0 amide bonds. The number of aliphatic imine (C=N–C) groups is 1. The molecule has 1 atom stereocenters. The van der Waals surface area contributed by atoms with Crippen molar-refractivity contribution in [3.05, 3.63) is 28.8 Å². The van der Waals surface area contributed by atoms with E-state index < -0.39 is 0 Å². The van der Waals surface area contributed by atoms with Gasteiger partial charge in [0.05, 0.1) is 6.54 Å². The number of phenolic OH excluding ortho intramolecular Hbond substituents is 1. The molecule has 1 aliphatic carbocycles. The van der Waals surface area contributed by atoms with Crippen molar-refractivity contribution in [1.29, 1.82) is 0 Å². The minimum absolute atomic E-state index is 0. The van der Waals surface area contributed by atoms with E-state index in [9.17, 15) is 10.2 Å². The number of nitrogens with one attached hydrogen (secondary N) is 2. The smallest absolute Gasteiger partial charge is 0.191 e. The summed E-state index contributed by atoms with van der Waals surface area (Å²) < 4.78 is 0. The summed E-state index contributed by atoms with van der Waals surface area (Å²) in [6.45, 7) is 8.77. The molecule has 0 aliphatic heterocycles. The Bertz CT molecular complexity index is 620. The quantitative estimate of drug-likeness (QED) is 0.234. The summed E-state index contributed by atoms with van der Waals surface area (Å²) in [5.74, 6) is 2.16. The van der Waals surface area contributed by atoms with Crippen LogP contribution in [-0.2, 0) is 19.4 Å². The Balaban J connectivity index is 0.00000392. The maximum absolute atomic E-state index is 10.4. The van der Waals surface area contributed by atoms with Gasteiger partial charge in [-0.3, -0.25) is 0 Å². The van der Waals surface area contributed by atoms with Gasteiger partial charge in [-0.25, -0.2) is 4.99 Å². The van der Waals surface area contributed by atoms with E-state index in [1.807, 2.05) is 6.07 Å². The molecule has 28 heavy (non-hydrogen) atoms. The second-order valence-corrected chi connectivity index (χ2v) is 7.99. The van der Waals surface area contributed by atoms with E-state index in [1.54, 1.807) is 0 Å². The molecule has 0 spiro atoms. The van der Waals surface area contributed by atoms with Gasteiger partial charge in [0, 0.05) is 25.3 Å². The Morgan fingerprint density at radius 3 is 2.61 bits per heavy atom. The zero-order chi connectivity index (χ0) is 19.6. The van der Waals surface area contributed by atoms with Crippen molar-refractivity contribution in [3.8, 4) is 5.75 Å². The minimum atomic E-state index is 0. The van der Waals surface area contributed by atoms with Gasteiger partial charge in [0.25, 0.3) is 0 Å². The third-order valence-corrected chi connectivity index (χ3v) is 5.27. The third-order valence-electron chi connectivity index (χ3n) is 5.27. The Hall–Kier alpha value is -1.02. The first-order valence-electron chi connectivity index (χ1n) is 10.5. The summed E-state index contributed by atoms with van der Waals surface area (Å²) in [6, 6.07) is 3.88. The SMILES string of the molecule is CCNC(=NCc1c(O)ccc2c1CCCC2)NCC(CCO)CC(C)C.I. The van der Waals surface area contributed by atoms with Crippen LogP contribution in [0.1, 0.15) is 63.1 Å². The molecule has 5 nitrogen and oxygen atoms in total. The Kier molecular flexibility index (Phi) is 11.8. The zero-order valence-corrected chi connectivity index (χ0v) is 20.0. The number of hydrogen-bond donors (Lipinski definition) is 4. The Morgan fingerprint density at radius 1 is 1.18 bits per heavy atom. The standard InChI is InChI=1S/C22H37N3O2.HI/c1-4-23-22(24-14-17(11-12-26)13-16(2)3)25-15-20-19-8-6-5-7-18(19)9-10-21(20)27;/h9-10,16-17,26-27H,4-8,11-15H2,1-3H3,(H2,23,24,25);1H. The summed E-state index contributed by atoms with van der Waals surface area (Å²) in [6.07, 6.45) is 6.43. The van der Waals surface area contributed by atoms with Crippen molar-refractivity contribution in [2.24, 2.45) is 16.8 Å². The van der Waals surface area contributed by atoms with Crippen LogP contribution in [0.15, 0.2) is 17.1 Å². The molecule has 1 aromatic carbocycles. The van der Waals surface area contributed by atoms with Crippen LogP contribution in [-0.4, -0.2) is 35.9 Å². The number of rotatable bonds is 9. The van der Waals surface area contributed by atoms with Gasteiger partial charge in [0.2, 0.25) is 0 Å². The van der Waals surface area contributed by atoms with Gasteiger partial charge in [0.15, 0.2) is 5.96 Å². The molecule has 2 rings (SSSR count). The average molecular weight is 503 g/mol. The first-order chi connectivity index (χ1) is 13.0. The van der Waals surface area contributed by atoms with Gasteiger partial charge >= 0.3 is 0 Å². The number of phenols is 1. The number of benzene rings is 1. The lowest BCUT2D eigenvalue weighted by atomic mass is 9.88. The van der Waals surface area contributed by atoms with E-state index in [0.717, 1.165) is 50.3 Å². The van der Waals surface area contributed by atoms with E-state index in [2.05, 4.69) is 37.5 Å². The number of halogens is 1. The summed E-state index contributed by atoms with van der Waals surface area (Å²) in [4.78, 5) is 4.74. The van der Waals surface area contributed by atoms with Crippen LogP contribution in [0.5, 0.6) is 5.75 Å². The second kappa shape index (κ2) is 13.2. The highest BCUT2D eigenvalue weighted by Gasteiger charge is 2.16. The molecular formula is C22H38IN3O2. The van der Waals surface area contributed by atoms with Crippen LogP contribution >= 0.6 is 24.0 Å². The van der Waals surface area contributed by atoms with Crippen molar-refractivity contribution < 1.29 is 10.2 Å². The molecule has 0 saturated carbocycles.